The number of ether oxygens (including phenoxy) is 2. The lowest BCUT2D eigenvalue weighted by Crippen LogP contribution is -2.25. The SMILES string of the molecule is CNC(C)c1ccc(OCCN2CCCC2)c(OC)c1. The van der Waals surface area contributed by atoms with Gasteiger partial charge in [-0.25, -0.2) is 0 Å². The van der Waals surface area contributed by atoms with E-state index in [1.807, 2.05) is 19.2 Å². The van der Waals surface area contributed by atoms with E-state index in [1.54, 1.807) is 7.11 Å². The van der Waals surface area contributed by atoms with Crippen LogP contribution in [0.15, 0.2) is 18.2 Å². The molecule has 2 rings (SSSR count). The quantitative estimate of drug-likeness (QED) is 0.830. The predicted molar refractivity (Wildman–Crippen MR) is 81.6 cm³/mol. The molecule has 1 N–H and O–H groups in total. The summed E-state index contributed by atoms with van der Waals surface area (Å²) in [6.45, 7) is 6.26. The summed E-state index contributed by atoms with van der Waals surface area (Å²) >= 11 is 0. The van der Waals surface area contributed by atoms with E-state index in [2.05, 4.69) is 23.2 Å². The van der Waals surface area contributed by atoms with E-state index in [9.17, 15) is 0 Å². The van der Waals surface area contributed by atoms with Crippen molar-refractivity contribution in [3.8, 4) is 11.5 Å². The normalized spacial score (nSPS) is 17.1. The summed E-state index contributed by atoms with van der Waals surface area (Å²) in [7, 11) is 3.65. The minimum Gasteiger partial charge on any atom is -0.493 e. The highest BCUT2D eigenvalue weighted by Crippen LogP contribution is 2.30. The van der Waals surface area contributed by atoms with Crippen LogP contribution in [-0.2, 0) is 0 Å². The molecule has 1 fully saturated rings. The molecule has 1 heterocycles. The van der Waals surface area contributed by atoms with Gasteiger partial charge in [0.05, 0.1) is 7.11 Å². The summed E-state index contributed by atoms with van der Waals surface area (Å²) in [5.41, 5.74) is 1.20. The van der Waals surface area contributed by atoms with Crippen LogP contribution in [-0.4, -0.2) is 45.3 Å². The number of likely N-dealkylation sites (tertiary alicyclic amines) is 1. The van der Waals surface area contributed by atoms with Gasteiger partial charge in [-0.2, -0.15) is 0 Å². The van der Waals surface area contributed by atoms with E-state index in [0.29, 0.717) is 6.04 Å². The fraction of sp³-hybridized carbons (Fsp3) is 0.625. The second kappa shape index (κ2) is 7.50. The Hall–Kier alpha value is -1.26. The van der Waals surface area contributed by atoms with Crippen LogP contribution in [0.25, 0.3) is 0 Å². The summed E-state index contributed by atoms with van der Waals surface area (Å²) in [6, 6.07) is 6.45. The summed E-state index contributed by atoms with van der Waals surface area (Å²) in [5.74, 6) is 1.64. The summed E-state index contributed by atoms with van der Waals surface area (Å²) in [5, 5.41) is 3.23. The Morgan fingerprint density at radius 2 is 2.00 bits per heavy atom. The first kappa shape index (κ1) is 15.1. The van der Waals surface area contributed by atoms with Crippen molar-refractivity contribution in [2.45, 2.75) is 25.8 Å². The third-order valence-electron chi connectivity index (χ3n) is 3.98. The number of rotatable bonds is 7. The Bertz CT molecular complexity index is 417. The van der Waals surface area contributed by atoms with E-state index in [4.69, 9.17) is 9.47 Å². The minimum atomic E-state index is 0.308. The standard InChI is InChI=1S/C16H26N2O2/c1-13(17-2)14-6-7-15(16(12-14)19-3)20-11-10-18-8-4-5-9-18/h6-7,12-13,17H,4-5,8-11H2,1-3H3. The molecule has 1 aromatic carbocycles. The average Bonchev–Trinajstić information content (AvgIpc) is 3.00. The first-order valence-electron chi connectivity index (χ1n) is 7.45. The molecule has 4 heteroatoms. The van der Waals surface area contributed by atoms with Crippen molar-refractivity contribution in [2.75, 3.05) is 40.4 Å². The largest absolute Gasteiger partial charge is 0.493 e. The molecule has 0 bridgehead atoms. The zero-order chi connectivity index (χ0) is 14.4. The minimum absolute atomic E-state index is 0.308. The number of nitrogens with zero attached hydrogens (tertiary/aromatic N) is 1. The van der Waals surface area contributed by atoms with E-state index in [0.717, 1.165) is 24.7 Å². The van der Waals surface area contributed by atoms with Gasteiger partial charge < -0.3 is 14.8 Å². The summed E-state index contributed by atoms with van der Waals surface area (Å²) < 4.78 is 11.3. The number of methoxy groups -OCH3 is 1. The molecule has 1 atom stereocenters. The van der Waals surface area contributed by atoms with Gasteiger partial charge in [0.15, 0.2) is 11.5 Å². The third-order valence-corrected chi connectivity index (χ3v) is 3.98. The maximum atomic E-state index is 5.87. The van der Waals surface area contributed by atoms with Crippen molar-refractivity contribution in [3.63, 3.8) is 0 Å². The van der Waals surface area contributed by atoms with E-state index < -0.39 is 0 Å². The summed E-state index contributed by atoms with van der Waals surface area (Å²) in [6.07, 6.45) is 2.64. The number of hydrogen-bond donors (Lipinski definition) is 1. The van der Waals surface area contributed by atoms with Crippen LogP contribution >= 0.6 is 0 Å². The highest BCUT2D eigenvalue weighted by atomic mass is 16.5. The number of nitrogens with one attached hydrogen (secondary N) is 1. The van der Waals surface area contributed by atoms with Gasteiger partial charge in [0, 0.05) is 12.6 Å². The molecular weight excluding hydrogens is 252 g/mol. The Balaban J connectivity index is 1.92. The Morgan fingerprint density at radius 3 is 2.65 bits per heavy atom. The fourth-order valence-corrected chi connectivity index (χ4v) is 2.53. The van der Waals surface area contributed by atoms with Gasteiger partial charge in [-0.3, -0.25) is 4.90 Å². The maximum Gasteiger partial charge on any atom is 0.161 e. The predicted octanol–water partition coefficient (Wildman–Crippen LogP) is 2.45. The Morgan fingerprint density at radius 1 is 1.25 bits per heavy atom. The van der Waals surface area contributed by atoms with Crippen LogP contribution < -0.4 is 14.8 Å². The Labute approximate surface area is 122 Å². The highest BCUT2D eigenvalue weighted by Gasteiger charge is 2.12. The molecule has 112 valence electrons. The molecule has 0 amide bonds. The molecule has 0 saturated carbocycles. The molecule has 1 aromatic rings. The lowest BCUT2D eigenvalue weighted by Gasteiger charge is -2.17. The third kappa shape index (κ3) is 3.87. The van der Waals surface area contributed by atoms with Crippen molar-refractivity contribution in [3.05, 3.63) is 23.8 Å². The van der Waals surface area contributed by atoms with Crippen LogP contribution in [0.2, 0.25) is 0 Å². The van der Waals surface area contributed by atoms with Crippen molar-refractivity contribution in [1.29, 1.82) is 0 Å². The molecule has 1 aliphatic rings. The van der Waals surface area contributed by atoms with Crippen molar-refractivity contribution in [1.82, 2.24) is 10.2 Å². The van der Waals surface area contributed by atoms with Crippen molar-refractivity contribution in [2.24, 2.45) is 0 Å². The van der Waals surface area contributed by atoms with Crippen molar-refractivity contribution >= 4 is 0 Å². The first-order valence-corrected chi connectivity index (χ1v) is 7.45. The molecule has 20 heavy (non-hydrogen) atoms. The monoisotopic (exact) mass is 278 g/mol. The molecule has 1 unspecified atom stereocenters. The second-order valence-electron chi connectivity index (χ2n) is 5.32. The Kier molecular flexibility index (Phi) is 5.68. The van der Waals surface area contributed by atoms with Crippen LogP contribution in [0.3, 0.4) is 0 Å². The van der Waals surface area contributed by atoms with Gasteiger partial charge in [-0.15, -0.1) is 0 Å². The number of hydrogen-bond acceptors (Lipinski definition) is 4. The topological polar surface area (TPSA) is 33.7 Å². The molecule has 4 nitrogen and oxygen atoms in total. The van der Waals surface area contributed by atoms with Crippen molar-refractivity contribution < 1.29 is 9.47 Å². The van der Waals surface area contributed by atoms with E-state index in [-0.39, 0.29) is 0 Å². The fourth-order valence-electron chi connectivity index (χ4n) is 2.53. The van der Waals surface area contributed by atoms with Gasteiger partial charge in [-0.1, -0.05) is 6.07 Å². The van der Waals surface area contributed by atoms with Crippen LogP contribution in [0.1, 0.15) is 31.4 Å². The van der Waals surface area contributed by atoms with Crippen LogP contribution in [0, 0.1) is 0 Å². The van der Waals surface area contributed by atoms with Gasteiger partial charge in [0.25, 0.3) is 0 Å². The smallest absolute Gasteiger partial charge is 0.161 e. The van der Waals surface area contributed by atoms with Gasteiger partial charge in [0.2, 0.25) is 0 Å². The lowest BCUT2D eigenvalue weighted by atomic mass is 10.1. The molecule has 1 aliphatic heterocycles. The van der Waals surface area contributed by atoms with Crippen LogP contribution in [0.4, 0.5) is 0 Å². The molecular formula is C16H26N2O2. The second-order valence-corrected chi connectivity index (χ2v) is 5.32. The van der Waals surface area contributed by atoms with E-state index in [1.165, 1.54) is 31.5 Å². The lowest BCUT2D eigenvalue weighted by molar-refractivity contribution is 0.230. The average molecular weight is 278 g/mol. The maximum absolute atomic E-state index is 5.87. The zero-order valence-corrected chi connectivity index (χ0v) is 12.8. The van der Waals surface area contributed by atoms with Gasteiger partial charge in [0.1, 0.15) is 6.61 Å². The molecule has 1 saturated heterocycles. The van der Waals surface area contributed by atoms with Crippen LogP contribution in [0.5, 0.6) is 11.5 Å². The number of benzene rings is 1. The summed E-state index contributed by atoms with van der Waals surface area (Å²) in [4.78, 5) is 2.45. The molecule has 0 radical (unpaired) electrons. The first-order chi connectivity index (χ1) is 9.74. The molecule has 0 aromatic heterocycles. The van der Waals surface area contributed by atoms with Gasteiger partial charge >= 0.3 is 0 Å². The molecule has 0 aliphatic carbocycles. The van der Waals surface area contributed by atoms with E-state index >= 15 is 0 Å². The zero-order valence-electron chi connectivity index (χ0n) is 12.8. The highest BCUT2D eigenvalue weighted by molar-refractivity contribution is 5.43. The van der Waals surface area contributed by atoms with Gasteiger partial charge in [-0.05, 0) is 57.6 Å². The molecule has 0 spiro atoms.